The predicted molar refractivity (Wildman–Crippen MR) is 138 cm³/mol. The van der Waals surface area contributed by atoms with E-state index in [2.05, 4.69) is 26.0 Å². The first-order valence-corrected chi connectivity index (χ1v) is 12.8. The first-order chi connectivity index (χ1) is 18.4. The number of halogens is 2. The smallest absolute Gasteiger partial charge is 0.276 e. The Kier molecular flexibility index (Phi) is 7.33. The van der Waals surface area contributed by atoms with Crippen LogP contribution in [0.25, 0.3) is 5.69 Å². The van der Waals surface area contributed by atoms with Crippen molar-refractivity contribution >= 4 is 29.3 Å². The Bertz CT molecular complexity index is 1490. The van der Waals surface area contributed by atoms with E-state index in [9.17, 15) is 18.4 Å². The van der Waals surface area contributed by atoms with E-state index in [1.165, 1.54) is 53.0 Å². The molecule has 0 spiro atoms. The first-order valence-electron chi connectivity index (χ1n) is 11.6. The standard InChI is InChI=1S/C26H22F2N6O3S/c1-38-24-12-23(33-34(24)17-4-2-15(27)3-5-17)26(36)32-21-10-18(6-7-20(21)28)37-19-8-9-30-22(11-19)25(35)31-16-13-29-14-16/h2-12,16,29H,13-14H2,1H3,(H,31,35)(H,32,36). The Morgan fingerprint density at radius 2 is 1.76 bits per heavy atom. The number of nitrogens with zero attached hydrogens (tertiary/aromatic N) is 3. The number of carbonyl (C=O) groups excluding carboxylic acids is 2. The minimum atomic E-state index is -0.669. The van der Waals surface area contributed by atoms with Crippen LogP contribution in [0, 0.1) is 11.6 Å². The minimum Gasteiger partial charge on any atom is -0.457 e. The van der Waals surface area contributed by atoms with Crippen molar-refractivity contribution in [3.05, 3.63) is 89.9 Å². The van der Waals surface area contributed by atoms with Crippen molar-refractivity contribution < 1.29 is 23.1 Å². The summed E-state index contributed by atoms with van der Waals surface area (Å²) >= 11 is 1.35. The van der Waals surface area contributed by atoms with E-state index in [1.54, 1.807) is 24.3 Å². The second-order valence-corrected chi connectivity index (χ2v) is 9.19. The molecule has 0 saturated carbocycles. The summed E-state index contributed by atoms with van der Waals surface area (Å²) in [5.74, 6) is -1.45. The second-order valence-electron chi connectivity index (χ2n) is 8.36. The van der Waals surface area contributed by atoms with Crippen molar-refractivity contribution in [3.63, 3.8) is 0 Å². The van der Waals surface area contributed by atoms with Crippen molar-refractivity contribution in [2.24, 2.45) is 0 Å². The summed E-state index contributed by atoms with van der Waals surface area (Å²) in [6.07, 6.45) is 3.26. The zero-order chi connectivity index (χ0) is 26.6. The van der Waals surface area contributed by atoms with E-state index in [1.807, 2.05) is 6.26 Å². The molecule has 3 heterocycles. The highest BCUT2D eigenvalue weighted by Gasteiger charge is 2.21. The lowest BCUT2D eigenvalue weighted by atomic mass is 10.2. The molecule has 194 valence electrons. The van der Waals surface area contributed by atoms with E-state index in [4.69, 9.17) is 4.74 Å². The van der Waals surface area contributed by atoms with Gasteiger partial charge in [-0.3, -0.25) is 14.6 Å². The van der Waals surface area contributed by atoms with Crippen molar-refractivity contribution in [1.29, 1.82) is 0 Å². The summed E-state index contributed by atoms with van der Waals surface area (Å²) in [5.41, 5.74) is 0.701. The highest BCUT2D eigenvalue weighted by atomic mass is 32.2. The molecule has 0 unspecified atom stereocenters. The molecule has 2 aromatic heterocycles. The number of hydrogen-bond donors (Lipinski definition) is 3. The quantitative estimate of drug-likeness (QED) is 0.292. The number of anilines is 1. The maximum absolute atomic E-state index is 14.6. The molecule has 1 aliphatic heterocycles. The van der Waals surface area contributed by atoms with Gasteiger partial charge in [-0.15, -0.1) is 11.8 Å². The van der Waals surface area contributed by atoms with E-state index in [0.717, 1.165) is 6.07 Å². The zero-order valence-electron chi connectivity index (χ0n) is 20.1. The van der Waals surface area contributed by atoms with Crippen LogP contribution in [0.2, 0.25) is 0 Å². The van der Waals surface area contributed by atoms with Crippen molar-refractivity contribution in [2.45, 2.75) is 11.1 Å². The summed E-state index contributed by atoms with van der Waals surface area (Å²) < 4.78 is 35.2. The van der Waals surface area contributed by atoms with Crippen LogP contribution in [0.5, 0.6) is 11.5 Å². The number of hydrogen-bond acceptors (Lipinski definition) is 7. The van der Waals surface area contributed by atoms with Gasteiger partial charge in [0.25, 0.3) is 11.8 Å². The van der Waals surface area contributed by atoms with Gasteiger partial charge in [-0.1, -0.05) is 0 Å². The maximum atomic E-state index is 14.6. The molecule has 0 radical (unpaired) electrons. The summed E-state index contributed by atoms with van der Waals surface area (Å²) in [7, 11) is 0. The van der Waals surface area contributed by atoms with Crippen LogP contribution in [0.1, 0.15) is 21.0 Å². The normalized spacial score (nSPS) is 13.0. The molecular weight excluding hydrogens is 514 g/mol. The van der Waals surface area contributed by atoms with Crippen molar-refractivity contribution in [2.75, 3.05) is 24.7 Å². The highest BCUT2D eigenvalue weighted by Crippen LogP contribution is 2.28. The van der Waals surface area contributed by atoms with Gasteiger partial charge >= 0.3 is 0 Å². The van der Waals surface area contributed by atoms with Crippen LogP contribution in [0.4, 0.5) is 14.5 Å². The third-order valence-corrected chi connectivity index (χ3v) is 6.40. The van der Waals surface area contributed by atoms with Crippen molar-refractivity contribution in [1.82, 2.24) is 25.4 Å². The average molecular weight is 537 g/mol. The molecule has 2 aromatic carbocycles. The van der Waals surface area contributed by atoms with Crippen LogP contribution >= 0.6 is 11.8 Å². The molecule has 38 heavy (non-hydrogen) atoms. The van der Waals surface area contributed by atoms with Crippen LogP contribution in [0.15, 0.2) is 71.9 Å². The van der Waals surface area contributed by atoms with Crippen LogP contribution in [-0.2, 0) is 0 Å². The fraction of sp³-hybridized carbons (Fsp3) is 0.154. The van der Waals surface area contributed by atoms with E-state index >= 15 is 0 Å². The van der Waals surface area contributed by atoms with Gasteiger partial charge in [0.05, 0.1) is 17.4 Å². The molecule has 4 aromatic rings. The second kappa shape index (κ2) is 11.0. The fourth-order valence-corrected chi connectivity index (χ4v) is 4.17. The molecule has 3 N–H and O–H groups in total. The molecule has 5 rings (SSSR count). The summed E-state index contributed by atoms with van der Waals surface area (Å²) in [6, 6.07) is 14.2. The van der Waals surface area contributed by atoms with Gasteiger partial charge in [0.2, 0.25) is 0 Å². The van der Waals surface area contributed by atoms with Gasteiger partial charge in [-0.25, -0.2) is 13.5 Å². The largest absolute Gasteiger partial charge is 0.457 e. The Morgan fingerprint density at radius 1 is 1.00 bits per heavy atom. The number of carbonyl (C=O) groups is 2. The van der Waals surface area contributed by atoms with Gasteiger partial charge in [0.15, 0.2) is 5.69 Å². The number of aromatic nitrogens is 3. The van der Waals surface area contributed by atoms with Gasteiger partial charge in [0, 0.05) is 37.5 Å². The van der Waals surface area contributed by atoms with E-state index < -0.39 is 11.7 Å². The number of thioether (sulfide) groups is 1. The molecule has 12 heteroatoms. The molecule has 0 atom stereocenters. The minimum absolute atomic E-state index is 0.0517. The molecule has 1 saturated heterocycles. The summed E-state index contributed by atoms with van der Waals surface area (Å²) in [4.78, 5) is 29.4. The third kappa shape index (κ3) is 5.66. The molecule has 0 bridgehead atoms. The first kappa shape index (κ1) is 25.4. The number of nitrogens with one attached hydrogen (secondary N) is 3. The fourth-order valence-electron chi connectivity index (χ4n) is 3.62. The van der Waals surface area contributed by atoms with Crippen LogP contribution < -0.4 is 20.7 Å². The molecular formula is C26H22F2N6O3S. The van der Waals surface area contributed by atoms with Crippen molar-refractivity contribution in [3.8, 4) is 17.2 Å². The number of benzene rings is 2. The SMILES string of the molecule is CSc1cc(C(=O)Nc2cc(Oc3ccnc(C(=O)NC4CNC4)c3)ccc2F)nn1-c1ccc(F)cc1. The van der Waals surface area contributed by atoms with Crippen LogP contribution in [0.3, 0.4) is 0 Å². The molecule has 9 nitrogen and oxygen atoms in total. The number of rotatable bonds is 8. The monoisotopic (exact) mass is 536 g/mol. The molecule has 1 fully saturated rings. The Hall–Kier alpha value is -4.29. The van der Waals surface area contributed by atoms with E-state index in [0.29, 0.717) is 29.6 Å². The Labute approximate surface area is 220 Å². The van der Waals surface area contributed by atoms with Crippen LogP contribution in [-0.4, -0.2) is 52.0 Å². The molecule has 1 aliphatic rings. The topological polar surface area (TPSA) is 110 Å². The third-order valence-electron chi connectivity index (χ3n) is 5.69. The summed E-state index contributed by atoms with van der Waals surface area (Å²) in [5, 5.41) is 13.4. The number of ether oxygens (including phenoxy) is 1. The van der Waals surface area contributed by atoms with E-state index in [-0.39, 0.29) is 40.6 Å². The lowest BCUT2D eigenvalue weighted by molar-refractivity contribution is 0.0918. The predicted octanol–water partition coefficient (Wildman–Crippen LogP) is 4.01. The van der Waals surface area contributed by atoms with Gasteiger partial charge in [0.1, 0.15) is 33.9 Å². The molecule has 0 aliphatic carbocycles. The highest BCUT2D eigenvalue weighted by molar-refractivity contribution is 7.98. The average Bonchev–Trinajstić information content (AvgIpc) is 3.33. The zero-order valence-corrected chi connectivity index (χ0v) is 20.9. The number of pyridine rings is 1. The Morgan fingerprint density at radius 3 is 2.47 bits per heavy atom. The lowest BCUT2D eigenvalue weighted by Gasteiger charge is -2.27. The molecule has 2 amide bonds. The Balaban J connectivity index is 1.31. The van der Waals surface area contributed by atoms with Gasteiger partial charge in [-0.2, -0.15) is 5.10 Å². The number of amides is 2. The van der Waals surface area contributed by atoms with Gasteiger partial charge < -0.3 is 20.7 Å². The summed E-state index contributed by atoms with van der Waals surface area (Å²) in [6.45, 7) is 1.41. The lowest BCUT2D eigenvalue weighted by Crippen LogP contribution is -2.57. The van der Waals surface area contributed by atoms with Gasteiger partial charge in [-0.05, 0) is 48.7 Å². The maximum Gasteiger partial charge on any atom is 0.276 e.